The van der Waals surface area contributed by atoms with Crippen molar-refractivity contribution in [3.05, 3.63) is 314 Å². The number of aromatic nitrogens is 4. The van der Waals surface area contributed by atoms with E-state index in [1.165, 1.54) is 41.0 Å². The third-order valence-corrected chi connectivity index (χ3v) is 25.8. The van der Waals surface area contributed by atoms with E-state index in [4.69, 9.17) is 69.9 Å². The van der Waals surface area contributed by atoms with Crippen LogP contribution < -0.4 is 28.4 Å². The molecule has 4 aliphatic rings. The summed E-state index contributed by atoms with van der Waals surface area (Å²) in [6.07, 6.45) is -2.87. The van der Waals surface area contributed by atoms with Crippen LogP contribution in [0.3, 0.4) is 0 Å². The van der Waals surface area contributed by atoms with Crippen LogP contribution in [-0.4, -0.2) is 221 Å². The number of aromatic amines is 4. The minimum absolute atomic E-state index is 0.00710. The molecule has 0 spiro atoms. The normalized spacial score (nSPS) is 16.4. The lowest BCUT2D eigenvalue weighted by molar-refractivity contribution is 0.0535. The first-order valence-corrected chi connectivity index (χ1v) is 48.3. The van der Waals surface area contributed by atoms with Crippen molar-refractivity contribution < 1.29 is 102 Å². The van der Waals surface area contributed by atoms with Gasteiger partial charge in [0.05, 0.1) is 39.1 Å². The molecule has 718 valence electrons. The molecule has 0 bridgehead atoms. The molecule has 4 aliphatic heterocycles. The van der Waals surface area contributed by atoms with Crippen molar-refractivity contribution in [1.82, 2.24) is 39.5 Å². The van der Waals surface area contributed by atoms with E-state index in [1.807, 2.05) is 137 Å². The molecule has 137 heavy (non-hydrogen) atoms. The van der Waals surface area contributed by atoms with E-state index in [1.54, 1.807) is 80.3 Å². The van der Waals surface area contributed by atoms with Crippen molar-refractivity contribution >= 4 is 143 Å². The number of hydrogen-bond donors (Lipinski definition) is 12. The van der Waals surface area contributed by atoms with Gasteiger partial charge in [-0.25, -0.2) is 23.6 Å². The van der Waals surface area contributed by atoms with Crippen molar-refractivity contribution in [3.63, 3.8) is 0 Å². The second-order valence-electron chi connectivity index (χ2n) is 34.1. The number of carbonyl (C=O) groups is 4. The van der Waals surface area contributed by atoms with Gasteiger partial charge < -0.3 is 98.7 Å². The molecule has 10 aromatic carbocycles. The molecule has 14 aromatic rings. The molecule has 12 N–H and O–H groups in total. The maximum Gasteiger partial charge on any atom is 0.416 e. The summed E-state index contributed by atoms with van der Waals surface area (Å²) < 4.78 is 61.9. The average molecular weight is 2150 g/mol. The molecule has 8 atom stereocenters. The third-order valence-electron chi connectivity index (χ3n) is 23.6. The minimum atomic E-state index is -0.965. The van der Waals surface area contributed by atoms with Gasteiger partial charge in [0, 0.05) is 115 Å². The molecular weight excluding hydrogens is 2040 g/mol. The average Bonchev–Trinajstić information content (AvgIpc) is 1.63. The molecule has 8 heterocycles. The van der Waals surface area contributed by atoms with Gasteiger partial charge in [-0.05, 0) is 260 Å². The Bertz CT molecular complexity index is 6300. The van der Waals surface area contributed by atoms with Gasteiger partial charge in [-0.2, -0.15) is 0 Å². The van der Waals surface area contributed by atoms with Crippen LogP contribution in [0.5, 0.6) is 34.5 Å². The summed E-state index contributed by atoms with van der Waals surface area (Å²) in [5.74, 6) is 2.77. The third kappa shape index (κ3) is 24.2. The van der Waals surface area contributed by atoms with Crippen LogP contribution in [0.15, 0.2) is 236 Å². The summed E-state index contributed by atoms with van der Waals surface area (Å²) in [5, 5.41) is 79.1. The number of fused-ring (bicyclic) bond motifs is 12. The summed E-state index contributed by atoms with van der Waals surface area (Å²) >= 11 is 20.2. The van der Waals surface area contributed by atoms with Gasteiger partial charge >= 0.3 is 24.4 Å². The SMILES string of the molecule is CC(C)COC(=O)N1CCc2c([nH]c3ccc(Br)cc23)C1c1ccc(OCC(O)CO)cc1.CC(C)OC(=O)N1CCc2c([nH]c3ccc(Br)cc23)C1c1ccc(OCC(O)CO)cc1.O=C(Oc1ccc(Cl)cc1)N1CCc2c([nH]c3ccc(Br)cc23)C1c1ccc(OCC(O)CO)cc1.O=C(Oc1ccc(F)cc1)N1CCc2c([nH]c3ccc(Br)cc23)C1c1ccc(OCC(O)CO)cc1. The van der Waals surface area contributed by atoms with E-state index < -0.39 is 54.5 Å². The van der Waals surface area contributed by atoms with Crippen LogP contribution >= 0.6 is 75.3 Å². The number of aliphatic hydroxyl groups is 8. The van der Waals surface area contributed by atoms with E-state index in [0.29, 0.717) is 79.4 Å². The summed E-state index contributed by atoms with van der Waals surface area (Å²) in [4.78, 5) is 73.7. The minimum Gasteiger partial charge on any atom is -0.491 e. The number of nitrogens with zero attached hydrogens (tertiary/aromatic N) is 4. The Labute approximate surface area is 827 Å². The van der Waals surface area contributed by atoms with Crippen molar-refractivity contribution in [1.29, 1.82) is 0 Å². The van der Waals surface area contributed by atoms with Crippen LogP contribution in [0.25, 0.3) is 43.6 Å². The van der Waals surface area contributed by atoms with Crippen LogP contribution in [0.1, 0.15) is 119 Å². The maximum atomic E-state index is 13.4. The lowest BCUT2D eigenvalue weighted by Gasteiger charge is -2.36. The lowest BCUT2D eigenvalue weighted by atomic mass is 9.92. The Hall–Kier alpha value is -11.5. The number of nitrogens with one attached hydrogen (secondary N) is 4. The van der Waals surface area contributed by atoms with E-state index in [9.17, 15) is 44.0 Å². The van der Waals surface area contributed by atoms with Gasteiger partial charge in [0.25, 0.3) is 0 Å². The molecular formula is C103H104Br4ClFN8O20. The number of rotatable bonds is 25. The highest BCUT2D eigenvalue weighted by Crippen LogP contribution is 2.46. The van der Waals surface area contributed by atoms with Crippen LogP contribution in [-0.2, 0) is 35.2 Å². The van der Waals surface area contributed by atoms with Gasteiger partial charge in [0.1, 0.15) is 115 Å². The lowest BCUT2D eigenvalue weighted by Crippen LogP contribution is -2.42. The number of aliphatic hydroxyl groups excluding tert-OH is 8. The standard InChI is InChI=1S/C27H24BrClN2O5.C27H24BrFN2O5.C25H29BrN2O5.C24H27BrN2O5/c2*28-17-3-10-24-23(13-17)22-11-12-31(27(34)36-21-8-4-18(29)5-9-21)26(25(22)30-24)16-1-6-20(7-2-16)35-15-19(33)14-32;1-15(2)13-33-25(31)28-10-9-20-21-11-17(26)5-8-22(21)27-23(20)24(28)16-3-6-19(7-4-16)32-14-18(30)12-29;1-14(2)32-24(30)27-10-9-19-20-11-16(25)5-8-21(20)26-22(19)23(27)15-3-6-18(7-4-15)31-13-17(29)12-28/h2*1-10,13,19,26,30,32-33H,11-12,14-15H2;3-8,11,15,18,24,27,29-30H,9-10,12-14H2,1-2H3;3-8,11,14,17,23,26,28-29H,9-10,12-13H2,1-2H3. The molecule has 0 saturated carbocycles. The maximum absolute atomic E-state index is 13.4. The van der Waals surface area contributed by atoms with Gasteiger partial charge in [-0.15, -0.1) is 0 Å². The van der Waals surface area contributed by atoms with Crippen molar-refractivity contribution in [2.24, 2.45) is 5.92 Å². The van der Waals surface area contributed by atoms with Crippen LogP contribution in [0.2, 0.25) is 5.02 Å². The summed E-state index contributed by atoms with van der Waals surface area (Å²) in [6, 6.07) is 64.4. The quantitative estimate of drug-likeness (QED) is 0.0253. The van der Waals surface area contributed by atoms with Gasteiger partial charge in [0.15, 0.2) is 0 Å². The molecule has 4 aromatic heterocycles. The Morgan fingerprint density at radius 1 is 0.358 bits per heavy atom. The first-order valence-electron chi connectivity index (χ1n) is 44.7. The van der Waals surface area contributed by atoms with Gasteiger partial charge in [-0.1, -0.05) is 138 Å². The predicted octanol–water partition coefficient (Wildman–Crippen LogP) is 19.0. The van der Waals surface area contributed by atoms with E-state index >= 15 is 0 Å². The number of hydrogen-bond acceptors (Lipinski definition) is 20. The van der Waals surface area contributed by atoms with Crippen LogP contribution in [0.4, 0.5) is 23.6 Å². The predicted molar refractivity (Wildman–Crippen MR) is 531 cm³/mol. The van der Waals surface area contributed by atoms with Crippen molar-refractivity contribution in [2.75, 3.05) is 85.6 Å². The molecule has 18 rings (SSSR count). The monoisotopic (exact) mass is 2140 g/mol. The zero-order valence-corrected chi connectivity index (χ0v) is 82.2. The highest BCUT2D eigenvalue weighted by molar-refractivity contribution is 9.11. The molecule has 0 saturated heterocycles. The first-order chi connectivity index (χ1) is 66.1. The molecule has 0 fully saturated rings. The summed E-state index contributed by atoms with van der Waals surface area (Å²) in [6.45, 7) is 8.59. The number of amides is 4. The second kappa shape index (κ2) is 45.8. The van der Waals surface area contributed by atoms with Crippen molar-refractivity contribution in [2.45, 2.75) is 108 Å². The Balaban J connectivity index is 0.000000139. The molecule has 0 aliphatic carbocycles. The van der Waals surface area contributed by atoms with Gasteiger partial charge in [0.2, 0.25) is 0 Å². The van der Waals surface area contributed by atoms with Crippen molar-refractivity contribution in [3.8, 4) is 34.5 Å². The molecule has 0 radical (unpaired) electrons. The summed E-state index contributed by atoms with van der Waals surface area (Å²) in [7, 11) is 0. The Kier molecular flexibility index (Phi) is 33.4. The fraction of sp³-hybridized carbons (Fsp3) is 0.301. The zero-order valence-electron chi connectivity index (χ0n) is 75.1. The van der Waals surface area contributed by atoms with Crippen LogP contribution in [0, 0.1) is 11.7 Å². The second-order valence-corrected chi connectivity index (χ2v) is 38.2. The number of halogens is 6. The molecule has 28 nitrogen and oxygen atoms in total. The Morgan fingerprint density at radius 3 is 0.876 bits per heavy atom. The zero-order chi connectivity index (χ0) is 96.8. The fourth-order valence-electron chi connectivity index (χ4n) is 17.1. The smallest absolute Gasteiger partial charge is 0.416 e. The Morgan fingerprint density at radius 2 is 0.613 bits per heavy atom. The van der Waals surface area contributed by atoms with Gasteiger partial charge in [-0.3, -0.25) is 19.6 Å². The number of ether oxygens (including phenoxy) is 8. The van der Waals surface area contributed by atoms with E-state index in [0.717, 1.165) is 125 Å². The largest absolute Gasteiger partial charge is 0.491 e. The summed E-state index contributed by atoms with van der Waals surface area (Å²) in [5.41, 5.74) is 16.1. The number of benzene rings is 10. The number of H-pyrrole nitrogens is 4. The fourth-order valence-corrected chi connectivity index (χ4v) is 18.7. The number of carbonyl (C=O) groups excluding carboxylic acids is 4. The molecule has 34 heteroatoms. The molecule has 4 amide bonds. The topological polar surface area (TPSA) is 380 Å². The van der Waals surface area contributed by atoms with E-state index in [-0.39, 0.29) is 94.9 Å². The van der Waals surface area contributed by atoms with E-state index in [2.05, 4.69) is 108 Å². The molecule has 8 unspecified atom stereocenters. The first kappa shape index (κ1) is 99.9. The highest BCUT2D eigenvalue weighted by Gasteiger charge is 2.41. The highest BCUT2D eigenvalue weighted by atomic mass is 79.9.